The van der Waals surface area contributed by atoms with Crippen LogP contribution in [0.2, 0.25) is 0 Å². The maximum absolute atomic E-state index is 6.65. The van der Waals surface area contributed by atoms with Gasteiger partial charge in [-0.15, -0.1) is 0 Å². The summed E-state index contributed by atoms with van der Waals surface area (Å²) < 4.78 is 0. The minimum atomic E-state index is 0.773. The highest BCUT2D eigenvalue weighted by Crippen LogP contribution is 2.32. The van der Waals surface area contributed by atoms with Crippen molar-refractivity contribution in [3.63, 3.8) is 0 Å². The molecule has 4 aromatic rings. The quantitative estimate of drug-likeness (QED) is 0.0643. The first-order valence-corrected chi connectivity index (χ1v) is 21.0. The van der Waals surface area contributed by atoms with Crippen molar-refractivity contribution in [2.45, 2.75) is 138 Å². The number of aryl methyl sites for hydroxylation is 1. The molecule has 0 bridgehead atoms. The average molecular weight is 696 g/mol. The molecule has 2 N–H and O–H groups in total. The number of hydrogen-bond acceptors (Lipinski definition) is 1. The Balaban J connectivity index is 1.66. The Bertz CT molecular complexity index is 1590. The molecule has 278 valence electrons. The molecule has 0 aliphatic rings. The van der Waals surface area contributed by atoms with Gasteiger partial charge >= 0.3 is 0 Å². The number of hydrogen-bond donors (Lipinski definition) is 1. The van der Waals surface area contributed by atoms with Gasteiger partial charge in [0.25, 0.3) is 0 Å². The Labute approximate surface area is 318 Å². The molecule has 0 fully saturated rings. The van der Waals surface area contributed by atoms with E-state index in [1.54, 1.807) is 0 Å². The van der Waals surface area contributed by atoms with Gasteiger partial charge in [-0.2, -0.15) is 0 Å². The molecule has 0 heterocycles. The second kappa shape index (κ2) is 22.3. The molecular weight excluding hydrogens is 627 g/mol. The van der Waals surface area contributed by atoms with Crippen LogP contribution in [-0.4, -0.2) is 0 Å². The SMILES string of the molecule is CC/C=C\C=C(/N)c1cc(Cc2cc(-c3ccc(CC(CC)CCCCC)cc3)cc(-c3ccc(CC(CC)CCCCC)cc3)c2)ccc1CC. The molecule has 0 spiro atoms. The number of allylic oxidation sites excluding steroid dienone is 3. The van der Waals surface area contributed by atoms with Crippen molar-refractivity contribution in [1.29, 1.82) is 0 Å². The van der Waals surface area contributed by atoms with Crippen molar-refractivity contribution in [2.75, 3.05) is 0 Å². The Morgan fingerprint density at radius 3 is 1.54 bits per heavy atom. The molecule has 0 amide bonds. The predicted molar refractivity (Wildman–Crippen MR) is 231 cm³/mol. The van der Waals surface area contributed by atoms with E-state index < -0.39 is 0 Å². The number of nitrogens with two attached hydrogens (primary N) is 1. The van der Waals surface area contributed by atoms with Gasteiger partial charge in [-0.05, 0) is 112 Å². The largest absolute Gasteiger partial charge is 0.398 e. The van der Waals surface area contributed by atoms with Crippen LogP contribution in [0, 0.1) is 11.8 Å². The monoisotopic (exact) mass is 696 g/mol. The van der Waals surface area contributed by atoms with Crippen molar-refractivity contribution >= 4 is 5.70 Å². The van der Waals surface area contributed by atoms with Gasteiger partial charge in [0.1, 0.15) is 0 Å². The van der Waals surface area contributed by atoms with Gasteiger partial charge in [0.05, 0.1) is 0 Å². The third-order valence-electron chi connectivity index (χ3n) is 11.1. The molecule has 2 unspecified atom stereocenters. The lowest BCUT2D eigenvalue weighted by Gasteiger charge is -2.16. The molecule has 0 aromatic heterocycles. The third kappa shape index (κ3) is 12.7. The van der Waals surface area contributed by atoms with E-state index in [1.165, 1.54) is 127 Å². The molecule has 1 heteroatoms. The molecule has 4 rings (SSSR count). The van der Waals surface area contributed by atoms with Crippen molar-refractivity contribution in [3.8, 4) is 22.3 Å². The summed E-state index contributed by atoms with van der Waals surface area (Å²) >= 11 is 0. The summed E-state index contributed by atoms with van der Waals surface area (Å²) in [7, 11) is 0. The van der Waals surface area contributed by atoms with Crippen molar-refractivity contribution in [2.24, 2.45) is 17.6 Å². The molecule has 52 heavy (non-hydrogen) atoms. The molecular formula is C51H69N. The summed E-state index contributed by atoms with van der Waals surface area (Å²) in [5.41, 5.74) is 20.6. The van der Waals surface area contributed by atoms with Crippen LogP contribution >= 0.6 is 0 Å². The molecule has 1 nitrogen and oxygen atoms in total. The molecule has 0 aliphatic heterocycles. The highest BCUT2D eigenvalue weighted by molar-refractivity contribution is 5.75. The van der Waals surface area contributed by atoms with E-state index in [1.807, 2.05) is 0 Å². The van der Waals surface area contributed by atoms with E-state index >= 15 is 0 Å². The summed E-state index contributed by atoms with van der Waals surface area (Å²) in [5.74, 6) is 1.55. The predicted octanol–water partition coefficient (Wildman–Crippen LogP) is 14.7. The van der Waals surface area contributed by atoms with Crippen LogP contribution in [0.5, 0.6) is 0 Å². The zero-order valence-electron chi connectivity index (χ0n) is 33.7. The lowest BCUT2D eigenvalue weighted by atomic mass is 9.89. The highest BCUT2D eigenvalue weighted by Gasteiger charge is 2.13. The molecule has 2 atom stereocenters. The van der Waals surface area contributed by atoms with Crippen LogP contribution < -0.4 is 5.73 Å². The van der Waals surface area contributed by atoms with Crippen molar-refractivity contribution < 1.29 is 0 Å². The van der Waals surface area contributed by atoms with Gasteiger partial charge in [-0.25, -0.2) is 0 Å². The Morgan fingerprint density at radius 1 is 0.558 bits per heavy atom. The van der Waals surface area contributed by atoms with Gasteiger partial charge in [-0.1, -0.05) is 191 Å². The van der Waals surface area contributed by atoms with Gasteiger partial charge < -0.3 is 5.73 Å². The number of benzene rings is 4. The van der Waals surface area contributed by atoms with Gasteiger partial charge in [0.15, 0.2) is 0 Å². The maximum atomic E-state index is 6.65. The number of unbranched alkanes of at least 4 members (excludes halogenated alkanes) is 4. The minimum absolute atomic E-state index is 0.773. The average Bonchev–Trinajstić information content (AvgIpc) is 3.17. The van der Waals surface area contributed by atoms with Crippen LogP contribution in [0.3, 0.4) is 0 Å². The Kier molecular flexibility index (Phi) is 17.5. The van der Waals surface area contributed by atoms with E-state index in [9.17, 15) is 0 Å². The summed E-state index contributed by atoms with van der Waals surface area (Å²) in [6, 6.07) is 33.0. The Hall–Kier alpha value is -3.84. The molecule has 4 aromatic carbocycles. The maximum Gasteiger partial charge on any atom is 0.0390 e. The molecule has 0 saturated carbocycles. The van der Waals surface area contributed by atoms with Gasteiger partial charge in [0, 0.05) is 11.3 Å². The first kappa shape index (κ1) is 40.9. The molecule has 0 saturated heterocycles. The second-order valence-electron chi connectivity index (χ2n) is 15.2. The lowest BCUT2D eigenvalue weighted by Crippen LogP contribution is -2.03. The topological polar surface area (TPSA) is 26.0 Å². The Morgan fingerprint density at radius 2 is 1.08 bits per heavy atom. The molecule has 0 radical (unpaired) electrons. The minimum Gasteiger partial charge on any atom is -0.398 e. The van der Waals surface area contributed by atoms with Crippen LogP contribution in [0.1, 0.15) is 146 Å². The van der Waals surface area contributed by atoms with E-state index in [4.69, 9.17) is 5.73 Å². The second-order valence-corrected chi connectivity index (χ2v) is 15.2. The van der Waals surface area contributed by atoms with E-state index in [0.717, 1.165) is 42.4 Å². The van der Waals surface area contributed by atoms with E-state index in [0.29, 0.717) is 0 Å². The van der Waals surface area contributed by atoms with Crippen LogP contribution in [0.4, 0.5) is 0 Å². The van der Waals surface area contributed by atoms with Gasteiger partial charge in [-0.3, -0.25) is 0 Å². The van der Waals surface area contributed by atoms with E-state index in [-0.39, 0.29) is 0 Å². The van der Waals surface area contributed by atoms with Crippen LogP contribution in [-0.2, 0) is 25.7 Å². The fraction of sp³-hybridized carbons (Fsp3) is 0.451. The fourth-order valence-corrected chi connectivity index (χ4v) is 7.67. The zero-order valence-corrected chi connectivity index (χ0v) is 33.7. The van der Waals surface area contributed by atoms with Crippen molar-refractivity contribution in [3.05, 3.63) is 137 Å². The van der Waals surface area contributed by atoms with Gasteiger partial charge in [0.2, 0.25) is 0 Å². The first-order chi connectivity index (χ1) is 25.4. The third-order valence-corrected chi connectivity index (χ3v) is 11.1. The van der Waals surface area contributed by atoms with Crippen molar-refractivity contribution in [1.82, 2.24) is 0 Å². The number of rotatable bonds is 22. The molecule has 0 aliphatic carbocycles. The fourth-order valence-electron chi connectivity index (χ4n) is 7.67. The summed E-state index contributed by atoms with van der Waals surface area (Å²) in [5, 5.41) is 0. The summed E-state index contributed by atoms with van der Waals surface area (Å²) in [6.45, 7) is 13.7. The highest BCUT2D eigenvalue weighted by atomic mass is 14.6. The normalized spacial score (nSPS) is 13.2. The lowest BCUT2D eigenvalue weighted by molar-refractivity contribution is 0.442. The van der Waals surface area contributed by atoms with Crippen LogP contribution in [0.25, 0.3) is 28.0 Å². The standard InChI is InChI=1S/C51H69N/c1-7-13-16-19-39(10-4)32-41-22-28-46(29-23-41)48-35-44(34-43-26-27-45(12-6)50(37-43)51(52)21-18-15-9-3)36-49(38-48)47-30-24-42(25-31-47)33-40(11-5)20-17-14-8-2/h15,18,21-31,35-40H,7-14,16-17,19-20,32-34,52H2,1-6H3/b18-15-,51-21-. The zero-order chi connectivity index (χ0) is 37.1. The first-order valence-electron chi connectivity index (χ1n) is 21.0. The summed E-state index contributed by atoms with van der Waals surface area (Å²) in [4.78, 5) is 0. The van der Waals surface area contributed by atoms with E-state index in [2.05, 4.69) is 145 Å². The van der Waals surface area contributed by atoms with Crippen LogP contribution in [0.15, 0.2) is 103 Å². The summed E-state index contributed by atoms with van der Waals surface area (Å²) in [6.07, 6.45) is 24.6. The smallest absolute Gasteiger partial charge is 0.0390 e.